The molecule has 0 spiro atoms. The fraction of sp³-hybridized carbons (Fsp3) is 0.485. The normalized spacial score (nSPS) is 20.4. The number of amides is 4. The topological polar surface area (TPSA) is 182 Å². The number of aromatic nitrogens is 1. The molecule has 1 aromatic heterocycles. The zero-order valence-corrected chi connectivity index (χ0v) is 29.3. The minimum atomic E-state index is -3.91. The molecule has 0 aliphatic heterocycles. The maximum atomic E-state index is 14.1. The van der Waals surface area contributed by atoms with Crippen molar-refractivity contribution in [1.82, 2.24) is 25.7 Å². The highest BCUT2D eigenvalue weighted by atomic mass is 35.5. The quantitative estimate of drug-likeness (QED) is 0.185. The number of carbonyl (C=O) groups is 4. The van der Waals surface area contributed by atoms with Crippen LogP contribution in [-0.2, 0) is 29.1 Å². The van der Waals surface area contributed by atoms with Crippen molar-refractivity contribution in [3.63, 3.8) is 0 Å². The molecule has 13 nitrogen and oxygen atoms in total. The molecular weight excluding hydrogens is 662 g/mol. The summed E-state index contributed by atoms with van der Waals surface area (Å²) in [5.74, 6) is -2.11. The number of benzene rings is 1. The zero-order chi connectivity index (χ0) is 35.7. The third kappa shape index (κ3) is 9.25. The molecule has 2 aromatic rings. The van der Waals surface area contributed by atoms with Gasteiger partial charge >= 0.3 is 6.09 Å². The van der Waals surface area contributed by atoms with Gasteiger partial charge in [-0.15, -0.1) is 6.58 Å². The van der Waals surface area contributed by atoms with Gasteiger partial charge in [-0.1, -0.05) is 50.6 Å². The Kier molecular flexibility index (Phi) is 10.5. The molecule has 4 rings (SSSR count). The van der Waals surface area contributed by atoms with E-state index in [-0.39, 0.29) is 11.6 Å². The van der Waals surface area contributed by atoms with Crippen molar-refractivity contribution in [3.05, 3.63) is 66.0 Å². The van der Waals surface area contributed by atoms with E-state index >= 15 is 0 Å². The van der Waals surface area contributed by atoms with Crippen LogP contribution < -0.4 is 25.4 Å². The van der Waals surface area contributed by atoms with Gasteiger partial charge in [-0.25, -0.2) is 18.2 Å². The smallest absolute Gasteiger partial charge is 0.408 e. The van der Waals surface area contributed by atoms with E-state index < -0.39 is 73.6 Å². The van der Waals surface area contributed by atoms with E-state index in [2.05, 4.69) is 32.2 Å². The largest absolute Gasteiger partial charge is 0.457 e. The molecule has 4 N–H and O–H groups in total. The fourth-order valence-corrected chi connectivity index (χ4v) is 6.47. The van der Waals surface area contributed by atoms with E-state index in [4.69, 9.17) is 21.1 Å². The van der Waals surface area contributed by atoms with Gasteiger partial charge in [0.1, 0.15) is 39.9 Å². The Balaban J connectivity index is 1.63. The monoisotopic (exact) mass is 703 g/mol. The van der Waals surface area contributed by atoms with Crippen LogP contribution in [0.1, 0.15) is 72.4 Å². The Morgan fingerprint density at radius 1 is 1.00 bits per heavy atom. The average molecular weight is 704 g/mol. The second-order valence-corrected chi connectivity index (χ2v) is 16.4. The van der Waals surface area contributed by atoms with Crippen LogP contribution in [0.3, 0.4) is 0 Å². The molecule has 1 unspecified atom stereocenters. The highest BCUT2D eigenvalue weighted by Gasteiger charge is 2.61. The van der Waals surface area contributed by atoms with Crippen LogP contribution in [0.4, 0.5) is 4.79 Å². The molecule has 4 amide bonds. The SMILES string of the molecule is C=C[C@@H]1CC1(NC(=O)[C@@H](NC(=O)[C@@H](NC(=O)OC(C)(C)C)C(C)(C)C)c1ccc(Oc2ccnc(Cl)c2)cc1)C(=O)NS(=O)(=O)C1CC1. The lowest BCUT2D eigenvalue weighted by atomic mass is 9.86. The summed E-state index contributed by atoms with van der Waals surface area (Å²) in [6.07, 6.45) is 3.13. The molecule has 2 fully saturated rings. The minimum absolute atomic E-state index is 0.112. The molecule has 4 atom stereocenters. The number of nitrogens with zero attached hydrogens (tertiary/aromatic N) is 1. The van der Waals surface area contributed by atoms with Crippen LogP contribution in [-0.4, -0.2) is 59.6 Å². The van der Waals surface area contributed by atoms with E-state index in [1.807, 2.05) is 0 Å². The lowest BCUT2D eigenvalue weighted by Gasteiger charge is -2.33. The molecule has 15 heteroatoms. The lowest BCUT2D eigenvalue weighted by molar-refractivity contribution is -0.134. The maximum absolute atomic E-state index is 14.1. The van der Waals surface area contributed by atoms with Crippen LogP contribution in [0.5, 0.6) is 11.5 Å². The van der Waals surface area contributed by atoms with Gasteiger partial charge in [0, 0.05) is 18.2 Å². The summed E-state index contributed by atoms with van der Waals surface area (Å²) in [6.45, 7) is 14.0. The van der Waals surface area contributed by atoms with Crippen molar-refractivity contribution < 1.29 is 37.1 Å². The van der Waals surface area contributed by atoms with E-state index in [1.165, 1.54) is 18.3 Å². The Morgan fingerprint density at radius 2 is 1.65 bits per heavy atom. The van der Waals surface area contributed by atoms with E-state index in [0.29, 0.717) is 29.9 Å². The fourth-order valence-electron chi connectivity index (χ4n) is 4.95. The van der Waals surface area contributed by atoms with Crippen LogP contribution in [0.25, 0.3) is 0 Å². The molecule has 2 aliphatic carbocycles. The summed E-state index contributed by atoms with van der Waals surface area (Å²) < 4.78 is 38.5. The number of sulfonamides is 1. The summed E-state index contributed by atoms with van der Waals surface area (Å²) in [7, 11) is -3.91. The van der Waals surface area contributed by atoms with Crippen molar-refractivity contribution in [2.75, 3.05) is 0 Å². The number of hydrogen-bond donors (Lipinski definition) is 4. The molecule has 1 heterocycles. The first-order valence-corrected chi connectivity index (χ1v) is 17.4. The van der Waals surface area contributed by atoms with Crippen molar-refractivity contribution in [2.45, 2.75) is 89.3 Å². The van der Waals surface area contributed by atoms with E-state index in [1.54, 1.807) is 71.9 Å². The molecule has 2 aliphatic rings. The van der Waals surface area contributed by atoms with Gasteiger partial charge in [-0.2, -0.15) is 0 Å². The number of pyridine rings is 1. The summed E-state index contributed by atoms with van der Waals surface area (Å²) >= 11 is 5.96. The summed E-state index contributed by atoms with van der Waals surface area (Å²) in [6, 6.07) is 6.86. The number of alkyl carbamates (subject to hydrolysis) is 1. The van der Waals surface area contributed by atoms with Gasteiger partial charge in [0.15, 0.2) is 0 Å². The van der Waals surface area contributed by atoms with Gasteiger partial charge in [0.05, 0.1) is 5.25 Å². The Bertz CT molecular complexity index is 1680. The molecule has 0 bridgehead atoms. The second kappa shape index (κ2) is 13.7. The molecule has 260 valence electrons. The first-order chi connectivity index (χ1) is 22.2. The maximum Gasteiger partial charge on any atom is 0.408 e. The number of halogens is 1. The van der Waals surface area contributed by atoms with Gasteiger partial charge in [0.25, 0.3) is 5.91 Å². The van der Waals surface area contributed by atoms with Crippen molar-refractivity contribution in [2.24, 2.45) is 11.3 Å². The van der Waals surface area contributed by atoms with Gasteiger partial charge < -0.3 is 25.4 Å². The number of nitrogens with one attached hydrogen (secondary N) is 4. The molecule has 0 radical (unpaired) electrons. The Hall–Kier alpha value is -4.17. The van der Waals surface area contributed by atoms with E-state index in [0.717, 1.165) is 0 Å². The zero-order valence-electron chi connectivity index (χ0n) is 27.8. The van der Waals surface area contributed by atoms with Crippen LogP contribution in [0.2, 0.25) is 5.15 Å². The van der Waals surface area contributed by atoms with E-state index in [9.17, 15) is 27.6 Å². The predicted molar refractivity (Wildman–Crippen MR) is 179 cm³/mol. The average Bonchev–Trinajstić information content (AvgIpc) is 3.89. The van der Waals surface area contributed by atoms with Gasteiger partial charge in [0.2, 0.25) is 21.8 Å². The molecule has 1 aromatic carbocycles. The third-order valence-corrected chi connectivity index (χ3v) is 9.76. The molecule has 0 saturated heterocycles. The number of ether oxygens (including phenoxy) is 2. The molecular formula is C33H42ClN5O8S. The van der Waals surface area contributed by atoms with Crippen molar-refractivity contribution in [3.8, 4) is 11.5 Å². The van der Waals surface area contributed by atoms with Crippen LogP contribution in [0, 0.1) is 11.3 Å². The van der Waals surface area contributed by atoms with Gasteiger partial charge in [-0.05, 0) is 69.2 Å². The molecule has 2 saturated carbocycles. The lowest BCUT2D eigenvalue weighted by Crippen LogP contribution is -2.58. The standard InChI is InChI=1S/C33H42ClN5O8S/c1-8-20-18-33(20,29(42)39-48(44,45)23-13-14-23)38-27(40)25(19-9-11-21(12-10-19)46-22-15-16-35-24(34)17-22)36-28(41)26(31(2,3)4)37-30(43)47-32(5,6)7/h8-12,15-17,20,23,25-26H,1,13-14,18H2,2-7H3,(H,36,41)(H,37,43)(H,38,40)(H,39,42)/t20-,25+,26-,33?/m1/s1. The first-order valence-electron chi connectivity index (χ1n) is 15.4. The third-order valence-electron chi connectivity index (χ3n) is 7.73. The van der Waals surface area contributed by atoms with Crippen LogP contribution >= 0.6 is 11.6 Å². The summed E-state index contributed by atoms with van der Waals surface area (Å²) in [5, 5.41) is 7.60. The highest BCUT2D eigenvalue weighted by Crippen LogP contribution is 2.45. The number of carbonyl (C=O) groups excluding carboxylic acids is 4. The predicted octanol–water partition coefficient (Wildman–Crippen LogP) is 4.29. The van der Waals surface area contributed by atoms with Crippen molar-refractivity contribution in [1.29, 1.82) is 0 Å². The summed E-state index contributed by atoms with van der Waals surface area (Å²) in [4.78, 5) is 57.9. The second-order valence-electron chi connectivity index (χ2n) is 14.1. The number of rotatable bonds is 12. The van der Waals surface area contributed by atoms with Crippen molar-refractivity contribution >= 4 is 45.4 Å². The molecule has 48 heavy (non-hydrogen) atoms. The Morgan fingerprint density at radius 3 is 2.17 bits per heavy atom. The Labute approximate surface area is 285 Å². The van der Waals surface area contributed by atoms with Gasteiger partial charge in [-0.3, -0.25) is 19.1 Å². The highest BCUT2D eigenvalue weighted by molar-refractivity contribution is 7.91. The first kappa shape index (κ1) is 36.7. The number of hydrogen-bond acceptors (Lipinski definition) is 9. The summed E-state index contributed by atoms with van der Waals surface area (Å²) in [5.41, 5.74) is -2.94. The minimum Gasteiger partial charge on any atom is -0.457 e. The van der Waals surface area contributed by atoms with Crippen LogP contribution in [0.15, 0.2) is 55.3 Å².